The van der Waals surface area contributed by atoms with E-state index in [-0.39, 0.29) is 6.61 Å². The molecule has 82 valence electrons. The monoisotopic (exact) mass is 205 g/mol. The second-order valence-electron chi connectivity index (χ2n) is 3.68. The van der Waals surface area contributed by atoms with Gasteiger partial charge in [0.25, 0.3) is 0 Å². The second-order valence-corrected chi connectivity index (χ2v) is 3.68. The largest absolute Gasteiger partial charge is 0.481 e. The van der Waals surface area contributed by atoms with E-state index in [1.54, 1.807) is 13.8 Å². The Morgan fingerprint density at radius 2 is 1.86 bits per heavy atom. The number of hydrogen-bond acceptors (Lipinski definition) is 4. The molecule has 0 heterocycles. The highest BCUT2D eigenvalue weighted by molar-refractivity contribution is 5.80. The van der Waals surface area contributed by atoms with E-state index in [0.717, 1.165) is 0 Å². The number of aliphatic hydroxyl groups excluding tert-OH is 1. The predicted molar refractivity (Wildman–Crippen MR) is 48.0 cm³/mol. The lowest BCUT2D eigenvalue weighted by Crippen LogP contribution is -2.52. The van der Waals surface area contributed by atoms with Gasteiger partial charge in [0.1, 0.15) is 6.04 Å². The van der Waals surface area contributed by atoms with Crippen LogP contribution in [0.1, 0.15) is 20.3 Å². The molecule has 14 heavy (non-hydrogen) atoms. The molecular weight excluding hydrogens is 190 g/mol. The molecule has 0 aliphatic rings. The van der Waals surface area contributed by atoms with Gasteiger partial charge in [-0.15, -0.1) is 0 Å². The summed E-state index contributed by atoms with van der Waals surface area (Å²) in [6.07, 6.45) is -0.515. The van der Waals surface area contributed by atoms with Gasteiger partial charge in [0.05, 0.1) is 13.0 Å². The van der Waals surface area contributed by atoms with E-state index in [0.29, 0.717) is 0 Å². The fourth-order valence-corrected chi connectivity index (χ4v) is 0.892. The summed E-state index contributed by atoms with van der Waals surface area (Å²) in [6.45, 7) is 2.91. The van der Waals surface area contributed by atoms with Gasteiger partial charge < -0.3 is 15.3 Å². The quantitative estimate of drug-likeness (QED) is 0.455. The Balaban J connectivity index is 4.38. The molecule has 0 amide bonds. The lowest BCUT2D eigenvalue weighted by Gasteiger charge is -2.27. The van der Waals surface area contributed by atoms with Crippen molar-refractivity contribution in [2.75, 3.05) is 6.61 Å². The first kappa shape index (κ1) is 12.9. The van der Waals surface area contributed by atoms with Crippen LogP contribution in [0, 0.1) is 0 Å². The number of hydrogen-bond donors (Lipinski definition) is 4. The number of carboxylic acid groups (broad SMARTS) is 2. The molecule has 0 rings (SSSR count). The van der Waals surface area contributed by atoms with Gasteiger partial charge in [-0.2, -0.15) is 0 Å². The molecule has 0 aromatic heterocycles. The van der Waals surface area contributed by atoms with Gasteiger partial charge in [-0.1, -0.05) is 0 Å². The number of nitrogens with one attached hydrogen (secondary N) is 1. The van der Waals surface area contributed by atoms with Crippen molar-refractivity contribution in [3.8, 4) is 0 Å². The molecule has 4 N–H and O–H groups in total. The summed E-state index contributed by atoms with van der Waals surface area (Å²) in [5, 5.41) is 28.5. The molecule has 1 atom stereocenters. The molecule has 0 spiro atoms. The van der Waals surface area contributed by atoms with Gasteiger partial charge in [0.2, 0.25) is 0 Å². The van der Waals surface area contributed by atoms with E-state index in [4.69, 9.17) is 15.3 Å². The Bertz CT molecular complexity index is 226. The van der Waals surface area contributed by atoms with E-state index in [1.807, 2.05) is 0 Å². The molecule has 0 fully saturated rings. The zero-order valence-corrected chi connectivity index (χ0v) is 8.15. The third-order valence-electron chi connectivity index (χ3n) is 1.64. The van der Waals surface area contributed by atoms with Crippen LogP contribution in [0.25, 0.3) is 0 Å². The number of aliphatic hydroxyl groups is 1. The van der Waals surface area contributed by atoms with Crippen molar-refractivity contribution in [1.82, 2.24) is 5.32 Å². The molecule has 0 unspecified atom stereocenters. The molecular formula is C8H15NO5. The SMILES string of the molecule is CC(C)(CO)N[C@@H](CC(=O)O)C(=O)O. The molecule has 6 heteroatoms. The topological polar surface area (TPSA) is 107 Å². The van der Waals surface area contributed by atoms with Crippen molar-refractivity contribution in [3.05, 3.63) is 0 Å². The summed E-state index contributed by atoms with van der Waals surface area (Å²) >= 11 is 0. The minimum absolute atomic E-state index is 0.267. The van der Waals surface area contributed by atoms with Gasteiger partial charge in [-0.25, -0.2) is 0 Å². The zero-order chi connectivity index (χ0) is 11.4. The minimum atomic E-state index is -1.24. The highest BCUT2D eigenvalue weighted by Crippen LogP contribution is 2.04. The summed E-state index contributed by atoms with van der Waals surface area (Å²) in [6, 6.07) is -1.19. The smallest absolute Gasteiger partial charge is 0.321 e. The average molecular weight is 205 g/mol. The lowest BCUT2D eigenvalue weighted by molar-refractivity contribution is -0.146. The molecule has 0 saturated carbocycles. The minimum Gasteiger partial charge on any atom is -0.481 e. The highest BCUT2D eigenvalue weighted by atomic mass is 16.4. The van der Waals surface area contributed by atoms with Crippen LogP contribution in [0.4, 0.5) is 0 Å². The van der Waals surface area contributed by atoms with Crippen molar-refractivity contribution in [2.24, 2.45) is 0 Å². The fraction of sp³-hybridized carbons (Fsp3) is 0.750. The second kappa shape index (κ2) is 4.92. The maximum absolute atomic E-state index is 10.6. The third-order valence-corrected chi connectivity index (χ3v) is 1.64. The van der Waals surface area contributed by atoms with Crippen molar-refractivity contribution in [1.29, 1.82) is 0 Å². The Kier molecular flexibility index (Phi) is 4.52. The summed E-state index contributed by atoms with van der Waals surface area (Å²) < 4.78 is 0. The maximum Gasteiger partial charge on any atom is 0.321 e. The number of carbonyl (C=O) groups is 2. The first-order valence-corrected chi connectivity index (χ1v) is 4.11. The van der Waals surface area contributed by atoms with Crippen LogP contribution in [-0.2, 0) is 9.59 Å². The average Bonchev–Trinajstić information content (AvgIpc) is 2.02. The summed E-state index contributed by atoms with van der Waals surface area (Å²) in [5.74, 6) is -2.44. The van der Waals surface area contributed by atoms with Crippen molar-refractivity contribution < 1.29 is 24.9 Å². The zero-order valence-electron chi connectivity index (χ0n) is 8.15. The van der Waals surface area contributed by atoms with E-state index in [1.165, 1.54) is 0 Å². The van der Waals surface area contributed by atoms with Gasteiger partial charge in [0.15, 0.2) is 0 Å². The number of rotatable bonds is 6. The van der Waals surface area contributed by atoms with Gasteiger partial charge in [-0.05, 0) is 13.8 Å². The van der Waals surface area contributed by atoms with Crippen LogP contribution in [0.15, 0.2) is 0 Å². The van der Waals surface area contributed by atoms with Crippen molar-refractivity contribution in [2.45, 2.75) is 31.8 Å². The lowest BCUT2D eigenvalue weighted by atomic mass is 10.0. The molecule has 0 aliphatic heterocycles. The van der Waals surface area contributed by atoms with Crippen molar-refractivity contribution in [3.63, 3.8) is 0 Å². The Morgan fingerprint density at radius 1 is 1.36 bits per heavy atom. The van der Waals surface area contributed by atoms with E-state index in [2.05, 4.69) is 5.32 Å². The third kappa shape index (κ3) is 4.78. The standard InChI is InChI=1S/C8H15NO5/c1-8(2,4-10)9-5(7(13)14)3-6(11)12/h5,9-10H,3-4H2,1-2H3,(H,11,12)(H,13,14)/t5-/m0/s1. The molecule has 0 saturated heterocycles. The molecule has 6 nitrogen and oxygen atoms in total. The van der Waals surface area contributed by atoms with Crippen LogP contribution in [0.2, 0.25) is 0 Å². The first-order chi connectivity index (χ1) is 6.28. The Hall–Kier alpha value is -1.14. The van der Waals surface area contributed by atoms with E-state index < -0.39 is 29.9 Å². The van der Waals surface area contributed by atoms with Crippen LogP contribution in [0.3, 0.4) is 0 Å². The Morgan fingerprint density at radius 3 is 2.14 bits per heavy atom. The van der Waals surface area contributed by atoms with Crippen LogP contribution < -0.4 is 5.32 Å². The maximum atomic E-state index is 10.6. The van der Waals surface area contributed by atoms with Gasteiger partial charge >= 0.3 is 11.9 Å². The normalized spacial score (nSPS) is 13.6. The van der Waals surface area contributed by atoms with Crippen LogP contribution in [0.5, 0.6) is 0 Å². The molecule has 0 radical (unpaired) electrons. The Labute approximate surface area is 81.5 Å². The van der Waals surface area contributed by atoms with Gasteiger partial charge in [-0.3, -0.25) is 14.9 Å². The molecule has 0 aliphatic carbocycles. The summed E-state index contributed by atoms with van der Waals surface area (Å²) in [4.78, 5) is 20.9. The molecule has 0 aromatic rings. The van der Waals surface area contributed by atoms with Crippen LogP contribution >= 0.6 is 0 Å². The number of carboxylic acids is 2. The first-order valence-electron chi connectivity index (χ1n) is 4.11. The highest BCUT2D eigenvalue weighted by Gasteiger charge is 2.27. The van der Waals surface area contributed by atoms with E-state index in [9.17, 15) is 9.59 Å². The predicted octanol–water partition coefficient (Wildman–Crippen LogP) is -0.725. The van der Waals surface area contributed by atoms with Crippen molar-refractivity contribution >= 4 is 11.9 Å². The molecule has 0 bridgehead atoms. The summed E-state index contributed by atoms with van der Waals surface area (Å²) in [5.41, 5.74) is -0.807. The van der Waals surface area contributed by atoms with Crippen LogP contribution in [-0.4, -0.2) is 45.4 Å². The molecule has 0 aromatic carbocycles. The summed E-state index contributed by atoms with van der Waals surface area (Å²) in [7, 11) is 0. The fourth-order valence-electron chi connectivity index (χ4n) is 0.892. The van der Waals surface area contributed by atoms with Gasteiger partial charge in [0, 0.05) is 5.54 Å². The van der Waals surface area contributed by atoms with E-state index >= 15 is 0 Å². The number of aliphatic carboxylic acids is 2.